The van der Waals surface area contributed by atoms with Gasteiger partial charge in [-0.25, -0.2) is 0 Å². The maximum atomic E-state index is 13.3. The number of benzene rings is 1. The number of rotatable bonds is 1. The molecule has 92 valence electrons. The molecule has 0 aromatic heterocycles. The van der Waals surface area contributed by atoms with Gasteiger partial charge < -0.3 is 0 Å². The van der Waals surface area contributed by atoms with Crippen LogP contribution >= 0.6 is 20.6 Å². The monoisotopic (exact) mass is 360 g/mol. The van der Waals surface area contributed by atoms with Gasteiger partial charge in [0.25, 0.3) is 0 Å². The Bertz CT molecular complexity index is 531. The molecule has 4 nitrogen and oxygen atoms in total. The number of halogens is 4. The van der Waals surface area contributed by atoms with Gasteiger partial charge in [-0.05, 0) is 0 Å². The minimum atomic E-state index is -3.21. The summed E-state index contributed by atoms with van der Waals surface area (Å²) in [5.74, 6) is -6.68. The van der Waals surface area contributed by atoms with Crippen molar-refractivity contribution in [2.75, 3.05) is 0 Å². The van der Waals surface area contributed by atoms with Crippen molar-refractivity contribution < 1.29 is 28.9 Å². The standard InChI is InChI=1S/C9H4F3IO4/c1-3(14)16-13-5-2-4(10)7(11)8(12)6(5)9(15)17-13/h2H,1H3. The fourth-order valence-electron chi connectivity index (χ4n) is 1.17. The molecule has 8 heteroatoms. The SMILES string of the molecule is CC(=O)OI1OC(=O)c2c1cc(F)c(F)c2F. The predicted octanol–water partition coefficient (Wildman–Crippen LogP) is 2.34. The van der Waals surface area contributed by atoms with Gasteiger partial charge in [-0.3, -0.25) is 0 Å². The zero-order valence-corrected chi connectivity index (χ0v) is 10.4. The summed E-state index contributed by atoms with van der Waals surface area (Å²) < 4.78 is 48.3. The maximum absolute atomic E-state index is 13.3. The van der Waals surface area contributed by atoms with Gasteiger partial charge in [0.1, 0.15) is 0 Å². The Morgan fingerprint density at radius 1 is 1.35 bits per heavy atom. The van der Waals surface area contributed by atoms with Crippen LogP contribution in [0.3, 0.4) is 0 Å². The average molecular weight is 360 g/mol. The number of carbonyl (C=O) groups is 2. The molecule has 0 N–H and O–H groups in total. The van der Waals surface area contributed by atoms with Crippen LogP contribution in [0.1, 0.15) is 17.3 Å². The summed E-state index contributed by atoms with van der Waals surface area (Å²) in [6.07, 6.45) is 0. The minimum absolute atomic E-state index is 0.189. The van der Waals surface area contributed by atoms with E-state index in [4.69, 9.17) is 0 Å². The van der Waals surface area contributed by atoms with E-state index in [2.05, 4.69) is 6.13 Å². The second kappa shape index (κ2) is 4.17. The molecule has 0 saturated carbocycles. The van der Waals surface area contributed by atoms with Crippen LogP contribution in [0.4, 0.5) is 13.2 Å². The second-order valence-corrected chi connectivity index (χ2v) is 6.28. The molecule has 0 bridgehead atoms. The molecule has 0 spiro atoms. The van der Waals surface area contributed by atoms with E-state index < -0.39 is 55.6 Å². The fraction of sp³-hybridized carbons (Fsp3) is 0.111. The fourth-order valence-corrected chi connectivity index (χ4v) is 4.31. The number of carbonyl (C=O) groups excluding carboxylic acids is 2. The molecule has 0 atom stereocenters. The third-order valence-corrected chi connectivity index (χ3v) is 5.42. The molecule has 0 saturated heterocycles. The van der Waals surface area contributed by atoms with Gasteiger partial charge in [0.05, 0.1) is 0 Å². The van der Waals surface area contributed by atoms with Crippen LogP contribution in [-0.4, -0.2) is 11.9 Å². The van der Waals surface area contributed by atoms with E-state index in [9.17, 15) is 22.8 Å². The van der Waals surface area contributed by atoms with Crippen molar-refractivity contribution in [1.82, 2.24) is 0 Å². The van der Waals surface area contributed by atoms with Gasteiger partial charge >= 0.3 is 101 Å². The Morgan fingerprint density at radius 2 is 2.00 bits per heavy atom. The number of hydrogen-bond donors (Lipinski definition) is 0. The molecule has 0 unspecified atom stereocenters. The predicted molar refractivity (Wildman–Crippen MR) is 56.2 cm³/mol. The molecule has 1 aromatic rings. The van der Waals surface area contributed by atoms with Crippen molar-refractivity contribution in [3.63, 3.8) is 0 Å². The summed E-state index contributed by atoms with van der Waals surface area (Å²) in [6.45, 7) is 1.07. The summed E-state index contributed by atoms with van der Waals surface area (Å²) >= 11 is -3.21. The van der Waals surface area contributed by atoms with Crippen molar-refractivity contribution in [3.05, 3.63) is 32.7 Å². The van der Waals surface area contributed by atoms with Crippen molar-refractivity contribution in [3.8, 4) is 0 Å². The Morgan fingerprint density at radius 3 is 2.59 bits per heavy atom. The molecule has 0 fully saturated rings. The summed E-state index contributed by atoms with van der Waals surface area (Å²) in [6, 6.07) is 0.631. The van der Waals surface area contributed by atoms with E-state index in [1.165, 1.54) is 0 Å². The first-order chi connectivity index (χ1) is 7.91. The molecule has 1 aromatic carbocycles. The van der Waals surface area contributed by atoms with Crippen LogP contribution in [-0.2, 0) is 10.9 Å². The van der Waals surface area contributed by atoms with Gasteiger partial charge in [0.15, 0.2) is 0 Å². The van der Waals surface area contributed by atoms with E-state index in [1.807, 2.05) is 0 Å². The molecule has 1 heterocycles. The average Bonchev–Trinajstić information content (AvgIpc) is 2.51. The molecular weight excluding hydrogens is 356 g/mol. The second-order valence-electron chi connectivity index (χ2n) is 2.99. The summed E-state index contributed by atoms with van der Waals surface area (Å²) in [7, 11) is 0. The van der Waals surface area contributed by atoms with Crippen LogP contribution in [0, 0.1) is 21.0 Å². The summed E-state index contributed by atoms with van der Waals surface area (Å²) in [4.78, 5) is 22.0. The number of fused-ring (bicyclic) bond motifs is 1. The zero-order chi connectivity index (χ0) is 12.7. The van der Waals surface area contributed by atoms with Gasteiger partial charge in [0.2, 0.25) is 0 Å². The van der Waals surface area contributed by atoms with Crippen LogP contribution in [0.25, 0.3) is 0 Å². The van der Waals surface area contributed by atoms with Gasteiger partial charge in [-0.15, -0.1) is 0 Å². The van der Waals surface area contributed by atoms with E-state index >= 15 is 0 Å². The normalized spacial score (nSPS) is 15.5. The van der Waals surface area contributed by atoms with Crippen molar-refractivity contribution in [2.24, 2.45) is 0 Å². The van der Waals surface area contributed by atoms with Crippen molar-refractivity contribution >= 4 is 32.6 Å². The molecule has 1 aliphatic rings. The van der Waals surface area contributed by atoms with Crippen LogP contribution in [0.2, 0.25) is 0 Å². The van der Waals surface area contributed by atoms with Gasteiger partial charge in [0, 0.05) is 0 Å². The summed E-state index contributed by atoms with van der Waals surface area (Å²) in [5, 5.41) is 0. The molecule has 1 aliphatic heterocycles. The first-order valence-electron chi connectivity index (χ1n) is 4.21. The van der Waals surface area contributed by atoms with E-state index in [1.54, 1.807) is 0 Å². The zero-order valence-electron chi connectivity index (χ0n) is 8.22. The number of hydrogen-bond acceptors (Lipinski definition) is 4. The molecule has 17 heavy (non-hydrogen) atoms. The quantitative estimate of drug-likeness (QED) is 0.438. The molecule has 0 aliphatic carbocycles. The van der Waals surface area contributed by atoms with Crippen LogP contribution < -0.4 is 0 Å². The molecule has 2 rings (SSSR count). The van der Waals surface area contributed by atoms with Crippen molar-refractivity contribution in [1.29, 1.82) is 0 Å². The van der Waals surface area contributed by atoms with Crippen LogP contribution in [0.5, 0.6) is 0 Å². The topological polar surface area (TPSA) is 52.6 Å². The molecular formula is C9H4F3IO4. The third kappa shape index (κ3) is 1.96. The van der Waals surface area contributed by atoms with Crippen molar-refractivity contribution in [2.45, 2.75) is 6.92 Å². The van der Waals surface area contributed by atoms with E-state index in [0.29, 0.717) is 6.07 Å². The Labute approximate surface area is 101 Å². The Balaban J connectivity index is 2.55. The van der Waals surface area contributed by atoms with Gasteiger partial charge in [-0.2, -0.15) is 0 Å². The first-order valence-corrected chi connectivity index (χ1v) is 7.05. The van der Waals surface area contributed by atoms with E-state index in [-0.39, 0.29) is 3.57 Å². The van der Waals surface area contributed by atoms with Gasteiger partial charge in [-0.1, -0.05) is 0 Å². The Hall–Kier alpha value is -1.32. The Kier molecular flexibility index (Phi) is 2.98. The molecule has 0 amide bonds. The third-order valence-electron chi connectivity index (χ3n) is 1.80. The summed E-state index contributed by atoms with van der Waals surface area (Å²) in [5.41, 5.74) is -0.685. The molecule has 0 radical (unpaired) electrons. The van der Waals surface area contributed by atoms with E-state index in [0.717, 1.165) is 6.92 Å². The van der Waals surface area contributed by atoms with Crippen LogP contribution in [0.15, 0.2) is 6.07 Å². The first kappa shape index (κ1) is 12.1.